The van der Waals surface area contributed by atoms with Crippen LogP contribution in [0.25, 0.3) is 0 Å². The van der Waals surface area contributed by atoms with Gasteiger partial charge in [0, 0.05) is 0 Å². The monoisotopic (exact) mass is 435 g/mol. The van der Waals surface area contributed by atoms with Crippen molar-refractivity contribution in [3.8, 4) is 0 Å². The largest absolute Gasteiger partial charge is 0.147 e. The van der Waals surface area contributed by atoms with Gasteiger partial charge < -0.3 is 0 Å². The molecule has 0 aromatic carbocycles. The van der Waals surface area contributed by atoms with Crippen LogP contribution in [0.5, 0.6) is 0 Å². The maximum absolute atomic E-state index is 2.61. The van der Waals surface area contributed by atoms with E-state index in [2.05, 4.69) is 66.8 Å². The second-order valence-corrected chi connectivity index (χ2v) is 25.9. The third kappa shape index (κ3) is 4.00. The zero-order valence-corrected chi connectivity index (χ0v) is 20.4. The van der Waals surface area contributed by atoms with Gasteiger partial charge in [-0.05, 0) is 0 Å². The molecule has 0 radical (unpaired) electrons. The average molecular weight is 438 g/mol. The van der Waals surface area contributed by atoms with Gasteiger partial charge in [0.05, 0.1) is 0 Å². The van der Waals surface area contributed by atoms with Crippen LogP contribution in [0.4, 0.5) is 0 Å². The van der Waals surface area contributed by atoms with Crippen LogP contribution in [0.1, 0.15) is 41.5 Å². The molecule has 2 atom stereocenters. The molecule has 0 aliphatic heterocycles. The maximum atomic E-state index is 2.61. The van der Waals surface area contributed by atoms with Crippen LogP contribution in [0, 0.1) is 11.8 Å². The summed E-state index contributed by atoms with van der Waals surface area (Å²) in [5, 5.41) is 0. The van der Waals surface area contributed by atoms with E-state index >= 15 is 0 Å². The molecule has 0 aromatic rings. The number of rotatable bonds is 3. The van der Waals surface area contributed by atoms with Gasteiger partial charge in [-0.15, -0.1) is 24.8 Å². The third-order valence-corrected chi connectivity index (χ3v) is 25.4. The first-order valence-corrected chi connectivity index (χ1v) is 17.5. The molecule has 0 saturated carbocycles. The Bertz CT molecular complexity index is 509. The van der Waals surface area contributed by atoms with Gasteiger partial charge in [0.15, 0.2) is 0 Å². The van der Waals surface area contributed by atoms with Crippen molar-refractivity contribution < 1.29 is 20.9 Å². The summed E-state index contributed by atoms with van der Waals surface area (Å²) in [4.78, 5) is 0. The SMILES string of the molecule is CC1=CC(C)=[C]([Zr]([C]2=C(C)C=C(C)C2C)[SiH](C)C)C1C.Cl.Cl. The van der Waals surface area contributed by atoms with Crippen LogP contribution in [0.3, 0.4) is 0 Å². The molecule has 0 nitrogen and oxygen atoms in total. The quantitative estimate of drug-likeness (QED) is 0.463. The van der Waals surface area contributed by atoms with Gasteiger partial charge >= 0.3 is 134 Å². The zero-order valence-electron chi connectivity index (χ0n) is 15.2. The molecule has 22 heavy (non-hydrogen) atoms. The number of halogens is 2. The minimum atomic E-state index is -1.62. The molecule has 4 heteroatoms. The summed E-state index contributed by atoms with van der Waals surface area (Å²) in [6.07, 6.45) is 4.93. The minimum Gasteiger partial charge on any atom is -0.147 e. The molecule has 0 saturated heterocycles. The van der Waals surface area contributed by atoms with Crippen molar-refractivity contribution in [3.05, 3.63) is 41.0 Å². The summed E-state index contributed by atoms with van der Waals surface area (Å²) < 4.78 is 3.85. The summed E-state index contributed by atoms with van der Waals surface area (Å²) in [6.45, 7) is 19.5. The molecule has 0 spiro atoms. The second kappa shape index (κ2) is 8.65. The first-order valence-electron chi connectivity index (χ1n) is 7.91. The molecular weight excluding hydrogens is 406 g/mol. The van der Waals surface area contributed by atoms with Crippen LogP contribution in [-0.2, 0) is 20.9 Å². The fourth-order valence-corrected chi connectivity index (χ4v) is 26.5. The van der Waals surface area contributed by atoms with Crippen LogP contribution in [0.15, 0.2) is 41.0 Å². The molecule has 0 bridgehead atoms. The molecule has 0 N–H and O–H groups in total. The van der Waals surface area contributed by atoms with E-state index in [0.717, 1.165) is 11.8 Å². The van der Waals surface area contributed by atoms with Crippen LogP contribution >= 0.6 is 24.8 Å². The summed E-state index contributed by atoms with van der Waals surface area (Å²) in [5.74, 6) is 0.873. The maximum Gasteiger partial charge on any atom is -0.147 e. The molecule has 125 valence electrons. The van der Waals surface area contributed by atoms with Crippen molar-refractivity contribution >= 4 is 30.7 Å². The molecule has 2 unspecified atom stereocenters. The van der Waals surface area contributed by atoms with E-state index in [1.54, 1.807) is 22.3 Å². The van der Waals surface area contributed by atoms with Crippen LogP contribution in [0.2, 0.25) is 13.1 Å². The standard InChI is InChI=1S/2C8H11.C2H7Si.2ClH.Zr/c2*1-6-4-7(2)8(3)5-6;1-3-2;;;/h2*4,8H,1-3H3;3H,1-2H3;2*1H;. The molecular formula is C18H31Cl2SiZr. The van der Waals surface area contributed by atoms with Gasteiger partial charge in [0.1, 0.15) is 0 Å². The van der Waals surface area contributed by atoms with E-state index in [0.29, 0.717) is 0 Å². The first-order chi connectivity index (χ1) is 9.25. The normalized spacial score (nSPS) is 24.2. The van der Waals surface area contributed by atoms with Crippen molar-refractivity contribution in [2.75, 3.05) is 0 Å². The Hall–Kier alpha value is 0.640. The molecule has 0 aromatic heterocycles. The number of hydrogen-bond donors (Lipinski definition) is 0. The van der Waals surface area contributed by atoms with E-state index in [9.17, 15) is 0 Å². The zero-order chi connectivity index (χ0) is 15.2. The summed E-state index contributed by atoms with van der Waals surface area (Å²) in [7, 11) is 0. The Kier molecular flexibility index (Phi) is 8.90. The van der Waals surface area contributed by atoms with Gasteiger partial charge in [-0.1, -0.05) is 0 Å². The van der Waals surface area contributed by atoms with Gasteiger partial charge in [0.25, 0.3) is 0 Å². The van der Waals surface area contributed by atoms with Gasteiger partial charge in [-0.3, -0.25) is 0 Å². The summed E-state index contributed by atoms with van der Waals surface area (Å²) in [6, 6.07) is 0. The van der Waals surface area contributed by atoms with Crippen molar-refractivity contribution in [1.82, 2.24) is 0 Å². The fraction of sp³-hybridized carbons (Fsp3) is 0.556. The second-order valence-electron chi connectivity index (χ2n) is 6.98. The summed E-state index contributed by atoms with van der Waals surface area (Å²) in [5.41, 5.74) is 6.45. The Balaban J connectivity index is 0.00000220. The smallest absolute Gasteiger partial charge is 0.147 e. The number of hydrogen-bond acceptors (Lipinski definition) is 0. The first kappa shape index (κ1) is 22.6. The predicted molar refractivity (Wildman–Crippen MR) is 105 cm³/mol. The topological polar surface area (TPSA) is 0 Å². The minimum absolute atomic E-state index is 0. The molecule has 2 rings (SSSR count). The van der Waals surface area contributed by atoms with E-state index in [1.807, 2.05) is 6.56 Å². The fourth-order valence-electron chi connectivity index (χ4n) is 3.89. The van der Waals surface area contributed by atoms with Crippen molar-refractivity contribution in [3.63, 3.8) is 0 Å². The van der Waals surface area contributed by atoms with Crippen molar-refractivity contribution in [1.29, 1.82) is 0 Å². The molecule has 0 amide bonds. The van der Waals surface area contributed by atoms with E-state index in [1.165, 1.54) is 0 Å². The number of allylic oxidation sites excluding steroid dienone is 8. The van der Waals surface area contributed by atoms with E-state index in [4.69, 9.17) is 0 Å². The Morgan fingerprint density at radius 3 is 1.27 bits per heavy atom. The molecule has 0 heterocycles. The average Bonchev–Trinajstić information content (AvgIpc) is 2.72. The third-order valence-electron chi connectivity index (χ3n) is 5.13. The van der Waals surface area contributed by atoms with E-state index < -0.39 is 26.8 Å². The Labute approximate surface area is 158 Å². The van der Waals surface area contributed by atoms with Gasteiger partial charge in [-0.2, -0.15) is 0 Å². The summed E-state index contributed by atoms with van der Waals surface area (Å²) >= 11 is -1.62. The van der Waals surface area contributed by atoms with E-state index in [-0.39, 0.29) is 24.8 Å². The van der Waals surface area contributed by atoms with Crippen molar-refractivity contribution in [2.45, 2.75) is 54.6 Å². The van der Waals surface area contributed by atoms with Gasteiger partial charge in [-0.25, -0.2) is 0 Å². The molecule has 0 fully saturated rings. The van der Waals surface area contributed by atoms with Gasteiger partial charge in [0.2, 0.25) is 0 Å². The Morgan fingerprint density at radius 1 is 0.773 bits per heavy atom. The molecule has 2 aliphatic rings. The Morgan fingerprint density at radius 2 is 1.09 bits per heavy atom. The van der Waals surface area contributed by atoms with Crippen LogP contribution in [-0.4, -0.2) is 5.92 Å². The predicted octanol–water partition coefficient (Wildman–Crippen LogP) is 6.17. The molecule has 2 aliphatic carbocycles. The van der Waals surface area contributed by atoms with Crippen molar-refractivity contribution in [2.24, 2.45) is 11.8 Å². The van der Waals surface area contributed by atoms with Crippen LogP contribution < -0.4 is 0 Å².